The lowest BCUT2D eigenvalue weighted by Crippen LogP contribution is -2.06. The predicted octanol–water partition coefficient (Wildman–Crippen LogP) is 7.43. The molecular weight excluding hydrogens is 423 g/mol. The fourth-order valence-corrected chi connectivity index (χ4v) is 4.27. The zero-order valence-corrected chi connectivity index (χ0v) is 15.8. The molecule has 0 heterocycles. The van der Waals surface area contributed by atoms with E-state index in [1.165, 1.54) is 5.56 Å². The van der Waals surface area contributed by atoms with Crippen LogP contribution in [0.5, 0.6) is 0 Å². The van der Waals surface area contributed by atoms with Gasteiger partial charge in [0.1, 0.15) is 0 Å². The third-order valence-corrected chi connectivity index (χ3v) is 5.40. The molecule has 0 radical (unpaired) electrons. The standard InChI is InChI=1S/C16H14Br2Cl2/c1-9(13-5-3-11(17)7-15(13)18)10(2)14-6-4-12(19)8-16(14)20/h3-10H,1-2H3. The van der Waals surface area contributed by atoms with Crippen molar-refractivity contribution in [2.24, 2.45) is 0 Å². The second-order valence-electron chi connectivity index (χ2n) is 4.91. The molecule has 0 fully saturated rings. The molecule has 2 rings (SSSR count). The molecule has 4 heteroatoms. The van der Waals surface area contributed by atoms with E-state index in [4.69, 9.17) is 23.2 Å². The van der Waals surface area contributed by atoms with Gasteiger partial charge in [0.05, 0.1) is 0 Å². The van der Waals surface area contributed by atoms with Crippen molar-refractivity contribution in [1.29, 1.82) is 0 Å². The quantitative estimate of drug-likeness (QED) is 0.469. The van der Waals surface area contributed by atoms with Crippen LogP contribution in [0.3, 0.4) is 0 Å². The number of benzene rings is 2. The molecule has 2 aromatic carbocycles. The molecule has 0 saturated heterocycles. The molecule has 0 bridgehead atoms. The van der Waals surface area contributed by atoms with Crippen molar-refractivity contribution in [2.45, 2.75) is 25.7 Å². The van der Waals surface area contributed by atoms with Gasteiger partial charge in [0.25, 0.3) is 0 Å². The van der Waals surface area contributed by atoms with Crippen LogP contribution in [0.2, 0.25) is 10.0 Å². The third-order valence-electron chi connectivity index (χ3n) is 3.66. The molecule has 2 unspecified atom stereocenters. The molecule has 0 aromatic heterocycles. The van der Waals surface area contributed by atoms with Crippen LogP contribution in [0.1, 0.15) is 36.8 Å². The molecule has 106 valence electrons. The van der Waals surface area contributed by atoms with Crippen molar-refractivity contribution in [3.63, 3.8) is 0 Å². The fourth-order valence-electron chi connectivity index (χ4n) is 2.28. The van der Waals surface area contributed by atoms with Crippen LogP contribution in [0.4, 0.5) is 0 Å². The minimum absolute atomic E-state index is 0.303. The number of hydrogen-bond acceptors (Lipinski definition) is 0. The lowest BCUT2D eigenvalue weighted by molar-refractivity contribution is 0.621. The molecule has 0 aliphatic rings. The van der Waals surface area contributed by atoms with Gasteiger partial charge in [-0.1, -0.05) is 81.0 Å². The monoisotopic (exact) mass is 434 g/mol. The Morgan fingerprint density at radius 2 is 1.45 bits per heavy atom. The van der Waals surface area contributed by atoms with Gasteiger partial charge in [0.2, 0.25) is 0 Å². The first-order valence-electron chi connectivity index (χ1n) is 6.30. The van der Waals surface area contributed by atoms with E-state index in [1.54, 1.807) is 6.07 Å². The van der Waals surface area contributed by atoms with Crippen molar-refractivity contribution >= 4 is 55.1 Å². The molecule has 0 aliphatic carbocycles. The van der Waals surface area contributed by atoms with E-state index in [2.05, 4.69) is 63.9 Å². The highest BCUT2D eigenvalue weighted by molar-refractivity contribution is 9.11. The SMILES string of the molecule is CC(c1ccc(Cl)cc1Cl)C(C)c1ccc(Br)cc1Br. The van der Waals surface area contributed by atoms with E-state index in [0.717, 1.165) is 19.5 Å². The summed E-state index contributed by atoms with van der Waals surface area (Å²) in [4.78, 5) is 0. The maximum absolute atomic E-state index is 6.32. The van der Waals surface area contributed by atoms with Crippen LogP contribution >= 0.6 is 55.1 Å². The normalized spacial score (nSPS) is 14.1. The van der Waals surface area contributed by atoms with Crippen LogP contribution in [0, 0.1) is 0 Å². The average Bonchev–Trinajstić information content (AvgIpc) is 2.37. The molecule has 2 aromatic rings. The van der Waals surface area contributed by atoms with Crippen LogP contribution < -0.4 is 0 Å². The second kappa shape index (κ2) is 6.83. The fraction of sp³-hybridized carbons (Fsp3) is 0.250. The first-order chi connectivity index (χ1) is 9.40. The largest absolute Gasteiger partial charge is 0.0843 e. The number of halogens is 4. The van der Waals surface area contributed by atoms with Gasteiger partial charge in [-0.05, 0) is 47.2 Å². The molecule has 0 nitrogen and oxygen atoms in total. The Labute approximate surface area is 146 Å². The summed E-state index contributed by atoms with van der Waals surface area (Å²) < 4.78 is 2.17. The minimum atomic E-state index is 0.303. The van der Waals surface area contributed by atoms with Gasteiger partial charge >= 0.3 is 0 Å². The van der Waals surface area contributed by atoms with Crippen molar-refractivity contribution in [2.75, 3.05) is 0 Å². The highest BCUT2D eigenvalue weighted by Crippen LogP contribution is 2.39. The molecule has 0 amide bonds. The maximum Gasteiger partial charge on any atom is 0.0455 e. The summed E-state index contributed by atoms with van der Waals surface area (Å²) in [6.45, 7) is 4.40. The topological polar surface area (TPSA) is 0 Å². The Kier molecular flexibility index (Phi) is 5.58. The van der Waals surface area contributed by atoms with E-state index in [9.17, 15) is 0 Å². The Morgan fingerprint density at radius 3 is 2.05 bits per heavy atom. The van der Waals surface area contributed by atoms with Crippen LogP contribution in [0.25, 0.3) is 0 Å². The van der Waals surface area contributed by atoms with Gasteiger partial charge in [0, 0.05) is 19.0 Å². The Hall–Kier alpha value is -0.0200. The third kappa shape index (κ3) is 3.59. The molecule has 2 atom stereocenters. The molecule has 0 aliphatic heterocycles. The lowest BCUT2D eigenvalue weighted by atomic mass is 9.84. The minimum Gasteiger partial charge on any atom is -0.0843 e. The van der Waals surface area contributed by atoms with Crippen LogP contribution in [-0.2, 0) is 0 Å². The second-order valence-corrected chi connectivity index (χ2v) is 7.52. The number of rotatable bonds is 3. The first-order valence-corrected chi connectivity index (χ1v) is 8.64. The van der Waals surface area contributed by atoms with Crippen molar-refractivity contribution in [3.8, 4) is 0 Å². The van der Waals surface area contributed by atoms with Gasteiger partial charge < -0.3 is 0 Å². The Bertz CT molecular complexity index is 570. The Balaban J connectivity index is 2.34. The van der Waals surface area contributed by atoms with E-state index in [0.29, 0.717) is 16.9 Å². The van der Waals surface area contributed by atoms with E-state index in [1.807, 2.05) is 12.1 Å². The van der Waals surface area contributed by atoms with Crippen molar-refractivity contribution in [1.82, 2.24) is 0 Å². The summed E-state index contributed by atoms with van der Waals surface area (Å²) in [5, 5.41) is 1.40. The first kappa shape index (κ1) is 16.4. The molecular formula is C16H14Br2Cl2. The summed E-state index contributed by atoms with van der Waals surface area (Å²) in [5.41, 5.74) is 2.39. The zero-order valence-electron chi connectivity index (χ0n) is 11.1. The van der Waals surface area contributed by atoms with Crippen molar-refractivity contribution in [3.05, 3.63) is 66.5 Å². The Morgan fingerprint density at radius 1 is 0.850 bits per heavy atom. The van der Waals surface area contributed by atoms with Crippen molar-refractivity contribution < 1.29 is 0 Å². The van der Waals surface area contributed by atoms with Gasteiger partial charge in [-0.3, -0.25) is 0 Å². The highest BCUT2D eigenvalue weighted by Gasteiger charge is 2.20. The van der Waals surface area contributed by atoms with Crippen LogP contribution in [0.15, 0.2) is 45.3 Å². The maximum atomic E-state index is 6.32. The van der Waals surface area contributed by atoms with Crippen LogP contribution in [-0.4, -0.2) is 0 Å². The summed E-state index contributed by atoms with van der Waals surface area (Å²) in [5.74, 6) is 0.647. The molecule has 0 spiro atoms. The smallest absolute Gasteiger partial charge is 0.0455 e. The summed E-state index contributed by atoms with van der Waals surface area (Å²) in [6.07, 6.45) is 0. The predicted molar refractivity (Wildman–Crippen MR) is 95.1 cm³/mol. The lowest BCUT2D eigenvalue weighted by Gasteiger charge is -2.23. The number of hydrogen-bond donors (Lipinski definition) is 0. The van der Waals surface area contributed by atoms with Gasteiger partial charge in [-0.15, -0.1) is 0 Å². The molecule has 0 N–H and O–H groups in total. The van der Waals surface area contributed by atoms with Gasteiger partial charge in [0.15, 0.2) is 0 Å². The molecule has 0 saturated carbocycles. The van der Waals surface area contributed by atoms with E-state index in [-0.39, 0.29) is 0 Å². The zero-order chi connectivity index (χ0) is 14.9. The molecule has 20 heavy (non-hydrogen) atoms. The van der Waals surface area contributed by atoms with E-state index >= 15 is 0 Å². The van der Waals surface area contributed by atoms with E-state index < -0.39 is 0 Å². The summed E-state index contributed by atoms with van der Waals surface area (Å²) in [7, 11) is 0. The summed E-state index contributed by atoms with van der Waals surface area (Å²) >= 11 is 19.4. The summed E-state index contributed by atoms with van der Waals surface area (Å²) in [6, 6.07) is 12.0. The van der Waals surface area contributed by atoms with Gasteiger partial charge in [-0.25, -0.2) is 0 Å². The average molecular weight is 437 g/mol. The van der Waals surface area contributed by atoms with Gasteiger partial charge in [-0.2, -0.15) is 0 Å². The highest BCUT2D eigenvalue weighted by atomic mass is 79.9.